The van der Waals surface area contributed by atoms with Crippen LogP contribution in [0.15, 0.2) is 4.90 Å². The Morgan fingerprint density at radius 1 is 0.636 bits per heavy atom. The molecule has 0 fully saturated rings. The van der Waals surface area contributed by atoms with Crippen molar-refractivity contribution in [2.45, 2.75) is 32.6 Å². The van der Waals surface area contributed by atoms with Crippen LogP contribution in [0.25, 0.3) is 0 Å². The van der Waals surface area contributed by atoms with Gasteiger partial charge in [0.2, 0.25) is 0 Å². The van der Waals surface area contributed by atoms with Gasteiger partial charge >= 0.3 is 0 Å². The molecule has 0 atom stereocenters. The Kier molecular flexibility index (Phi) is 4.90. The molecule has 0 N–H and O–H groups in total. The van der Waals surface area contributed by atoms with Crippen molar-refractivity contribution < 1.29 is 14.2 Å². The second-order valence-corrected chi connectivity index (χ2v) is 9.10. The molecule has 2 aromatic rings. The standard InChI is InChI=1S/C8H10O2S.C8H10OS2/c2*1-5-7-8(6(2)11-5)10-4-3-9-7/h2*3-4H2,1-2H3. The molecule has 3 nitrogen and oxygen atoms in total. The first kappa shape index (κ1) is 16.0. The molecule has 4 heterocycles. The molecule has 0 saturated carbocycles. The summed E-state index contributed by atoms with van der Waals surface area (Å²) in [5.41, 5.74) is 0. The van der Waals surface area contributed by atoms with E-state index in [1.807, 2.05) is 23.1 Å². The Hall–Kier alpha value is -0.850. The first-order valence-electron chi connectivity index (χ1n) is 7.29. The largest absolute Gasteiger partial charge is 0.490 e. The van der Waals surface area contributed by atoms with Crippen LogP contribution in [0.4, 0.5) is 0 Å². The molecule has 0 radical (unpaired) electrons. The Bertz CT molecular complexity index is 561. The minimum absolute atomic E-state index is 0.685. The fraction of sp³-hybridized carbons (Fsp3) is 0.500. The lowest BCUT2D eigenvalue weighted by molar-refractivity contribution is 0.171. The van der Waals surface area contributed by atoms with Gasteiger partial charge in [-0.05, 0) is 27.7 Å². The van der Waals surface area contributed by atoms with E-state index in [-0.39, 0.29) is 0 Å². The third-order valence-electron chi connectivity index (χ3n) is 3.46. The van der Waals surface area contributed by atoms with Crippen molar-refractivity contribution in [1.29, 1.82) is 0 Å². The van der Waals surface area contributed by atoms with Crippen molar-refractivity contribution in [1.82, 2.24) is 0 Å². The highest BCUT2D eigenvalue weighted by Crippen LogP contribution is 2.43. The van der Waals surface area contributed by atoms with Crippen molar-refractivity contribution in [3.05, 3.63) is 19.5 Å². The van der Waals surface area contributed by atoms with Crippen LogP contribution in [0.3, 0.4) is 0 Å². The number of ether oxygens (including phenoxy) is 3. The topological polar surface area (TPSA) is 27.7 Å². The summed E-state index contributed by atoms with van der Waals surface area (Å²) in [6, 6.07) is 0. The number of rotatable bonds is 0. The fourth-order valence-corrected chi connectivity index (χ4v) is 5.66. The summed E-state index contributed by atoms with van der Waals surface area (Å²) < 4.78 is 16.5. The summed E-state index contributed by atoms with van der Waals surface area (Å²) in [7, 11) is 0. The molecular weight excluding hydrogens is 336 g/mol. The summed E-state index contributed by atoms with van der Waals surface area (Å²) in [5, 5.41) is 0. The number of thioether (sulfide) groups is 1. The van der Waals surface area contributed by atoms with Gasteiger partial charge in [-0.25, -0.2) is 0 Å². The van der Waals surface area contributed by atoms with E-state index < -0.39 is 0 Å². The highest BCUT2D eigenvalue weighted by atomic mass is 32.2. The Balaban J connectivity index is 0.000000131. The lowest BCUT2D eigenvalue weighted by atomic mass is 10.3. The predicted molar refractivity (Wildman–Crippen MR) is 94.8 cm³/mol. The predicted octanol–water partition coefficient (Wildman–Crippen LogP) is 4.99. The second-order valence-electron chi connectivity index (χ2n) is 5.14. The summed E-state index contributed by atoms with van der Waals surface area (Å²) in [6.07, 6.45) is 0. The van der Waals surface area contributed by atoms with Gasteiger partial charge in [0, 0.05) is 25.3 Å². The summed E-state index contributed by atoms with van der Waals surface area (Å²) in [6.45, 7) is 10.7. The van der Waals surface area contributed by atoms with Gasteiger partial charge in [-0.15, -0.1) is 34.4 Å². The van der Waals surface area contributed by atoms with E-state index in [0.29, 0.717) is 13.2 Å². The average molecular weight is 357 g/mol. The first-order valence-corrected chi connectivity index (χ1v) is 9.91. The first-order chi connectivity index (χ1) is 10.6. The molecule has 2 aromatic heterocycles. The smallest absolute Gasteiger partial charge is 0.175 e. The van der Waals surface area contributed by atoms with Crippen LogP contribution in [0, 0.1) is 27.7 Å². The van der Waals surface area contributed by atoms with Crippen LogP contribution in [0.2, 0.25) is 0 Å². The Morgan fingerprint density at radius 2 is 1.14 bits per heavy atom. The van der Waals surface area contributed by atoms with Crippen LogP contribution >= 0.6 is 34.4 Å². The van der Waals surface area contributed by atoms with Crippen LogP contribution in [-0.2, 0) is 0 Å². The van der Waals surface area contributed by atoms with Crippen LogP contribution in [0.1, 0.15) is 19.5 Å². The van der Waals surface area contributed by atoms with Crippen molar-refractivity contribution in [2.24, 2.45) is 0 Å². The highest BCUT2D eigenvalue weighted by molar-refractivity contribution is 7.99. The maximum Gasteiger partial charge on any atom is 0.175 e. The molecule has 0 unspecified atom stereocenters. The van der Waals surface area contributed by atoms with Gasteiger partial charge in [0.05, 0.1) is 11.5 Å². The zero-order chi connectivity index (χ0) is 15.7. The molecule has 6 heteroatoms. The van der Waals surface area contributed by atoms with Gasteiger partial charge in [-0.1, -0.05) is 0 Å². The minimum Gasteiger partial charge on any atom is -0.490 e. The summed E-state index contributed by atoms with van der Waals surface area (Å²) in [4.78, 5) is 6.54. The molecule has 2 aliphatic heterocycles. The van der Waals surface area contributed by atoms with Gasteiger partial charge in [0.1, 0.15) is 19.0 Å². The van der Waals surface area contributed by atoms with Crippen LogP contribution < -0.4 is 14.2 Å². The second kappa shape index (κ2) is 6.72. The van der Waals surface area contributed by atoms with E-state index in [2.05, 4.69) is 27.7 Å². The highest BCUT2D eigenvalue weighted by Gasteiger charge is 2.19. The molecular formula is C16H20O3S3. The molecule has 22 heavy (non-hydrogen) atoms. The SMILES string of the molecule is Cc1sc(C)c2c1OCCO2.Cc1sc(C)c2c1OCCS2. The number of fused-ring (bicyclic) bond motifs is 2. The lowest BCUT2D eigenvalue weighted by Crippen LogP contribution is -2.14. The van der Waals surface area contributed by atoms with E-state index in [0.717, 1.165) is 29.6 Å². The summed E-state index contributed by atoms with van der Waals surface area (Å²) in [5.74, 6) is 4.16. The molecule has 0 aliphatic carbocycles. The number of thiophene rings is 2. The van der Waals surface area contributed by atoms with Crippen LogP contribution in [0.5, 0.6) is 17.2 Å². The van der Waals surface area contributed by atoms with E-state index in [1.165, 1.54) is 24.4 Å². The van der Waals surface area contributed by atoms with Gasteiger partial charge in [0.25, 0.3) is 0 Å². The molecule has 4 rings (SSSR count). The van der Waals surface area contributed by atoms with Gasteiger partial charge in [0.15, 0.2) is 11.5 Å². The average Bonchev–Trinajstić information content (AvgIpc) is 2.99. The third kappa shape index (κ3) is 3.09. The molecule has 0 bridgehead atoms. The number of hydrogen-bond acceptors (Lipinski definition) is 6. The molecule has 0 saturated heterocycles. The zero-order valence-corrected chi connectivity index (χ0v) is 15.7. The van der Waals surface area contributed by atoms with E-state index in [9.17, 15) is 0 Å². The fourth-order valence-electron chi connectivity index (χ4n) is 2.53. The van der Waals surface area contributed by atoms with E-state index >= 15 is 0 Å². The van der Waals surface area contributed by atoms with Crippen LogP contribution in [-0.4, -0.2) is 25.6 Å². The van der Waals surface area contributed by atoms with E-state index in [4.69, 9.17) is 14.2 Å². The van der Waals surface area contributed by atoms with Gasteiger partial charge in [-0.2, -0.15) is 0 Å². The number of hydrogen-bond donors (Lipinski definition) is 0. The quantitative estimate of drug-likeness (QED) is 0.665. The zero-order valence-electron chi connectivity index (χ0n) is 13.3. The van der Waals surface area contributed by atoms with Gasteiger partial charge < -0.3 is 14.2 Å². The molecule has 0 aromatic carbocycles. The normalized spacial score (nSPS) is 15.5. The Morgan fingerprint density at radius 3 is 1.73 bits per heavy atom. The molecule has 0 spiro atoms. The Labute approximate surface area is 143 Å². The van der Waals surface area contributed by atoms with Crippen molar-refractivity contribution in [3.8, 4) is 17.2 Å². The van der Waals surface area contributed by atoms with Crippen molar-refractivity contribution in [2.75, 3.05) is 25.6 Å². The maximum atomic E-state index is 5.56. The molecule has 0 amide bonds. The molecule has 2 aliphatic rings. The number of aryl methyl sites for hydroxylation is 4. The third-order valence-corrected chi connectivity index (χ3v) is 6.72. The molecule has 120 valence electrons. The van der Waals surface area contributed by atoms with Crippen molar-refractivity contribution >= 4 is 34.4 Å². The maximum absolute atomic E-state index is 5.56. The minimum atomic E-state index is 0.685. The van der Waals surface area contributed by atoms with Crippen molar-refractivity contribution in [3.63, 3.8) is 0 Å². The lowest BCUT2D eigenvalue weighted by Gasteiger charge is -2.15. The monoisotopic (exact) mass is 356 g/mol. The van der Waals surface area contributed by atoms with E-state index in [1.54, 1.807) is 11.3 Å². The van der Waals surface area contributed by atoms with Gasteiger partial charge in [-0.3, -0.25) is 0 Å². The summed E-state index contributed by atoms with van der Waals surface area (Å²) >= 11 is 5.50.